The Kier molecular flexibility index (Phi) is 5.14. The Labute approximate surface area is 180 Å². The third-order valence-electron chi connectivity index (χ3n) is 9.41. The molecule has 3 fully saturated rings. The Morgan fingerprint density at radius 1 is 1.13 bits per heavy atom. The lowest BCUT2D eigenvalue weighted by atomic mass is 9.44. The van der Waals surface area contributed by atoms with Gasteiger partial charge in [0.2, 0.25) is 0 Å². The summed E-state index contributed by atoms with van der Waals surface area (Å²) in [4.78, 5) is 13.9. The van der Waals surface area contributed by atoms with E-state index in [0.717, 1.165) is 24.0 Å². The van der Waals surface area contributed by atoms with Crippen molar-refractivity contribution >= 4 is 11.9 Å². The number of hydrogen-bond acceptors (Lipinski definition) is 3. The molecule has 8 atom stereocenters. The molecular formula is C27H36O3. The summed E-state index contributed by atoms with van der Waals surface area (Å²) >= 11 is 0. The number of allylic oxidation sites excluding steroid dienone is 1. The van der Waals surface area contributed by atoms with Crippen molar-refractivity contribution in [3.8, 4) is 0 Å². The summed E-state index contributed by atoms with van der Waals surface area (Å²) in [6.45, 7) is 12.4. The van der Waals surface area contributed by atoms with Gasteiger partial charge in [0.1, 0.15) is 0 Å². The van der Waals surface area contributed by atoms with E-state index in [4.69, 9.17) is 0 Å². The number of ketones is 1. The molecule has 0 saturated heterocycles. The lowest BCUT2D eigenvalue weighted by Crippen LogP contribution is -2.62. The summed E-state index contributed by atoms with van der Waals surface area (Å²) in [6, 6.07) is 10.0. The smallest absolute Gasteiger partial charge is 0.163 e. The average molecular weight is 409 g/mol. The molecule has 0 radical (unpaired) electrons. The molecule has 30 heavy (non-hydrogen) atoms. The number of rotatable bonds is 2. The molecule has 162 valence electrons. The largest absolute Gasteiger partial charge is 0.392 e. The monoisotopic (exact) mass is 408 g/mol. The third-order valence-corrected chi connectivity index (χ3v) is 9.41. The third kappa shape index (κ3) is 2.81. The number of aliphatic hydroxyl groups is 2. The van der Waals surface area contributed by atoms with E-state index in [2.05, 4.69) is 27.4 Å². The van der Waals surface area contributed by atoms with Gasteiger partial charge in [-0.05, 0) is 60.1 Å². The van der Waals surface area contributed by atoms with Gasteiger partial charge in [0.25, 0.3) is 0 Å². The molecule has 0 amide bonds. The van der Waals surface area contributed by atoms with Crippen LogP contribution in [0, 0.1) is 34.0 Å². The first-order chi connectivity index (χ1) is 14.1. The fraction of sp³-hybridized carbons (Fsp3) is 0.593. The fourth-order valence-electron chi connectivity index (χ4n) is 7.10. The molecule has 0 aliphatic heterocycles. The molecule has 2 bridgehead atoms. The summed E-state index contributed by atoms with van der Waals surface area (Å²) < 4.78 is 0. The summed E-state index contributed by atoms with van der Waals surface area (Å²) in [7, 11) is 0. The minimum Gasteiger partial charge on any atom is -0.392 e. The first-order valence-electron chi connectivity index (χ1n) is 11.4. The van der Waals surface area contributed by atoms with Crippen LogP contribution in [-0.2, 0) is 4.79 Å². The zero-order chi connectivity index (χ0) is 21.9. The minimum atomic E-state index is -0.664. The van der Waals surface area contributed by atoms with Crippen molar-refractivity contribution in [1.82, 2.24) is 0 Å². The van der Waals surface area contributed by atoms with Crippen LogP contribution in [0.5, 0.6) is 0 Å². The van der Waals surface area contributed by atoms with Crippen LogP contribution in [0.25, 0.3) is 6.08 Å². The molecule has 3 aliphatic carbocycles. The van der Waals surface area contributed by atoms with E-state index < -0.39 is 23.0 Å². The molecule has 1 aromatic rings. The first kappa shape index (κ1) is 21.5. The average Bonchev–Trinajstić information content (AvgIpc) is 3.03. The second-order valence-corrected chi connectivity index (χ2v) is 10.8. The van der Waals surface area contributed by atoms with Gasteiger partial charge in [0, 0.05) is 16.7 Å². The van der Waals surface area contributed by atoms with E-state index in [1.165, 1.54) is 0 Å². The lowest BCUT2D eigenvalue weighted by Gasteiger charge is -2.61. The van der Waals surface area contributed by atoms with Gasteiger partial charge in [-0.1, -0.05) is 64.1 Å². The SMILES string of the molecule is C=C[C@]1(C)C[C@@H](O)[C@]2(C)[C@H](C)CC[C@]3(C/C(=C\c4ccccc4)C(=O)[C@H]32)[C@@H](C)[C@@H]1O. The number of carbonyl (C=O) groups excluding carboxylic acids is 1. The predicted octanol–water partition coefficient (Wildman–Crippen LogP) is 5.04. The molecular weight excluding hydrogens is 372 g/mol. The topological polar surface area (TPSA) is 57.5 Å². The second-order valence-electron chi connectivity index (χ2n) is 10.8. The number of carbonyl (C=O) groups is 1. The van der Waals surface area contributed by atoms with Crippen LogP contribution in [-0.4, -0.2) is 28.2 Å². The van der Waals surface area contributed by atoms with Gasteiger partial charge < -0.3 is 10.2 Å². The van der Waals surface area contributed by atoms with E-state index >= 15 is 0 Å². The van der Waals surface area contributed by atoms with Gasteiger partial charge in [-0.3, -0.25) is 4.79 Å². The number of Topliss-reactive ketones (excluding diaryl/α,β-unsaturated/α-hetero) is 1. The summed E-state index contributed by atoms with van der Waals surface area (Å²) in [5.74, 6) is 0.0866. The lowest BCUT2D eigenvalue weighted by molar-refractivity contribution is -0.191. The Bertz CT molecular complexity index is 873. The maximum atomic E-state index is 13.9. The number of benzene rings is 1. The van der Waals surface area contributed by atoms with Crippen molar-refractivity contribution in [2.45, 2.75) is 65.6 Å². The summed E-state index contributed by atoms with van der Waals surface area (Å²) in [5.41, 5.74) is 0.456. The van der Waals surface area contributed by atoms with Crippen LogP contribution >= 0.6 is 0 Å². The van der Waals surface area contributed by atoms with Gasteiger partial charge in [0.05, 0.1) is 12.2 Å². The molecule has 0 unspecified atom stereocenters. The van der Waals surface area contributed by atoms with E-state index in [1.54, 1.807) is 0 Å². The normalized spacial score (nSPS) is 47.5. The summed E-state index contributed by atoms with van der Waals surface area (Å²) in [6.07, 6.45) is 5.52. The standard InChI is InChI=1S/C27H36O3/c1-6-25(4)16-21(28)26(5)17(2)12-13-27(18(3)24(25)30)15-20(22(29)23(26)27)14-19-10-8-7-9-11-19/h6-11,14,17-18,21,23-24,28,30H,1,12-13,15-16H2,2-5H3/b20-14+/t17-,18+,21-,23+,24+,25-,26+,27+/m1/s1. The minimum absolute atomic E-state index is 0.0598. The highest BCUT2D eigenvalue weighted by molar-refractivity contribution is 6.04. The van der Waals surface area contributed by atoms with Crippen LogP contribution in [0.15, 0.2) is 48.6 Å². The molecule has 4 rings (SSSR count). The van der Waals surface area contributed by atoms with Crippen molar-refractivity contribution in [1.29, 1.82) is 0 Å². The molecule has 3 saturated carbocycles. The molecule has 3 heteroatoms. The first-order valence-corrected chi connectivity index (χ1v) is 11.4. The van der Waals surface area contributed by atoms with Gasteiger partial charge in [0.15, 0.2) is 5.78 Å². The predicted molar refractivity (Wildman–Crippen MR) is 121 cm³/mol. The van der Waals surface area contributed by atoms with Crippen LogP contribution in [0.1, 0.15) is 58.9 Å². The Morgan fingerprint density at radius 3 is 2.43 bits per heavy atom. The van der Waals surface area contributed by atoms with Crippen molar-refractivity contribution in [3.05, 3.63) is 54.1 Å². The van der Waals surface area contributed by atoms with Crippen molar-refractivity contribution in [3.63, 3.8) is 0 Å². The number of hydrogen-bond donors (Lipinski definition) is 2. The molecule has 0 aromatic heterocycles. The van der Waals surface area contributed by atoms with Crippen molar-refractivity contribution in [2.24, 2.45) is 34.0 Å². The zero-order valence-corrected chi connectivity index (χ0v) is 18.8. The second kappa shape index (κ2) is 7.17. The maximum absolute atomic E-state index is 13.9. The van der Waals surface area contributed by atoms with Gasteiger partial charge in [-0.15, -0.1) is 6.58 Å². The quantitative estimate of drug-likeness (QED) is 0.533. The summed E-state index contributed by atoms with van der Waals surface area (Å²) in [5, 5.41) is 23.0. The zero-order valence-electron chi connectivity index (χ0n) is 18.8. The molecule has 3 aliphatic rings. The highest BCUT2D eigenvalue weighted by Gasteiger charge is 2.68. The van der Waals surface area contributed by atoms with E-state index in [1.807, 2.05) is 49.4 Å². The van der Waals surface area contributed by atoms with Crippen LogP contribution < -0.4 is 0 Å². The van der Waals surface area contributed by atoms with Crippen LogP contribution in [0.3, 0.4) is 0 Å². The Hall–Kier alpha value is -1.71. The van der Waals surface area contributed by atoms with E-state index in [0.29, 0.717) is 12.8 Å². The van der Waals surface area contributed by atoms with Gasteiger partial charge >= 0.3 is 0 Å². The molecule has 0 heterocycles. The van der Waals surface area contributed by atoms with Crippen LogP contribution in [0.2, 0.25) is 0 Å². The van der Waals surface area contributed by atoms with Gasteiger partial charge in [-0.25, -0.2) is 0 Å². The molecule has 0 spiro atoms. The fourth-order valence-corrected chi connectivity index (χ4v) is 7.10. The Morgan fingerprint density at radius 2 is 1.80 bits per heavy atom. The molecule has 3 nitrogen and oxygen atoms in total. The van der Waals surface area contributed by atoms with Crippen molar-refractivity contribution < 1.29 is 15.0 Å². The molecule has 1 aromatic carbocycles. The van der Waals surface area contributed by atoms with E-state index in [9.17, 15) is 15.0 Å². The Balaban J connectivity index is 1.90. The van der Waals surface area contributed by atoms with Crippen molar-refractivity contribution in [2.75, 3.05) is 0 Å². The van der Waals surface area contributed by atoms with Gasteiger partial charge in [-0.2, -0.15) is 0 Å². The number of aliphatic hydroxyl groups excluding tert-OH is 2. The molecule has 2 N–H and O–H groups in total. The maximum Gasteiger partial charge on any atom is 0.163 e. The highest BCUT2D eigenvalue weighted by atomic mass is 16.3. The highest BCUT2D eigenvalue weighted by Crippen LogP contribution is 2.68. The van der Waals surface area contributed by atoms with Crippen LogP contribution in [0.4, 0.5) is 0 Å². The van der Waals surface area contributed by atoms with E-state index in [-0.39, 0.29) is 29.0 Å².